The molecule has 0 bridgehead atoms. The second kappa shape index (κ2) is 6.73. The van der Waals surface area contributed by atoms with Crippen LogP contribution in [0.25, 0.3) is 10.9 Å². The number of hydrogen-bond acceptors (Lipinski definition) is 4. The fraction of sp³-hybridized carbons (Fsp3) is 0.619. The Labute approximate surface area is 160 Å². The lowest BCUT2D eigenvalue weighted by atomic mass is 9.80. The Morgan fingerprint density at radius 1 is 1.30 bits per heavy atom. The van der Waals surface area contributed by atoms with Gasteiger partial charge in [0.15, 0.2) is 0 Å². The van der Waals surface area contributed by atoms with Crippen LogP contribution in [0.1, 0.15) is 58.4 Å². The summed E-state index contributed by atoms with van der Waals surface area (Å²) in [7, 11) is 0. The van der Waals surface area contributed by atoms with E-state index in [2.05, 4.69) is 29.1 Å². The minimum atomic E-state index is -0.465. The Bertz CT molecular complexity index is 834. The maximum absolute atomic E-state index is 12.4. The fourth-order valence-electron chi connectivity index (χ4n) is 4.11. The molecule has 1 saturated carbocycles. The Balaban J connectivity index is 1.56. The number of hydrogen-bond donors (Lipinski definition) is 1. The second-order valence-electron chi connectivity index (χ2n) is 8.90. The second-order valence-corrected chi connectivity index (χ2v) is 8.90. The molecule has 0 radical (unpaired) electrons. The smallest absolute Gasteiger partial charge is 0.410 e. The number of aromatic amines is 1. The molecule has 2 aromatic rings. The number of carbonyl (C=O) groups is 1. The molecule has 6 heteroatoms. The van der Waals surface area contributed by atoms with Crippen LogP contribution in [0.5, 0.6) is 0 Å². The number of anilines is 1. The maximum atomic E-state index is 12.4. The summed E-state index contributed by atoms with van der Waals surface area (Å²) in [6, 6.07) is 2.25. The molecule has 0 spiro atoms. The third-order valence-electron chi connectivity index (χ3n) is 5.70. The Morgan fingerprint density at radius 3 is 2.70 bits per heavy atom. The van der Waals surface area contributed by atoms with E-state index in [-0.39, 0.29) is 12.1 Å². The van der Waals surface area contributed by atoms with Gasteiger partial charge in [0, 0.05) is 43.5 Å². The van der Waals surface area contributed by atoms with Gasteiger partial charge in [0.2, 0.25) is 0 Å². The lowest BCUT2D eigenvalue weighted by molar-refractivity contribution is 0.0218. The van der Waals surface area contributed by atoms with E-state index in [1.165, 1.54) is 30.2 Å². The highest BCUT2D eigenvalue weighted by Crippen LogP contribution is 2.42. The van der Waals surface area contributed by atoms with E-state index in [9.17, 15) is 4.79 Å². The van der Waals surface area contributed by atoms with Gasteiger partial charge in [-0.15, -0.1) is 0 Å². The van der Waals surface area contributed by atoms with Crippen molar-refractivity contribution < 1.29 is 9.53 Å². The van der Waals surface area contributed by atoms with Crippen molar-refractivity contribution in [3.8, 4) is 0 Å². The van der Waals surface area contributed by atoms with E-state index in [1.54, 1.807) is 0 Å². The van der Waals surface area contributed by atoms with Crippen molar-refractivity contribution in [1.82, 2.24) is 14.9 Å². The van der Waals surface area contributed by atoms with E-state index < -0.39 is 5.60 Å². The molecule has 4 rings (SSSR count). The summed E-state index contributed by atoms with van der Waals surface area (Å²) in [5.74, 6) is 1.70. The maximum Gasteiger partial charge on any atom is 0.410 e. The van der Waals surface area contributed by atoms with Gasteiger partial charge in [-0.2, -0.15) is 0 Å². The summed E-state index contributed by atoms with van der Waals surface area (Å²) in [5.41, 5.74) is 2.10. The van der Waals surface area contributed by atoms with E-state index in [4.69, 9.17) is 9.72 Å². The normalized spacial score (nSPS) is 21.4. The average Bonchev–Trinajstić information content (AvgIpc) is 2.96. The van der Waals surface area contributed by atoms with Gasteiger partial charge in [0.05, 0.1) is 5.52 Å². The molecule has 2 aromatic heterocycles. The van der Waals surface area contributed by atoms with Gasteiger partial charge in [-0.1, -0.05) is 6.42 Å². The van der Waals surface area contributed by atoms with Crippen molar-refractivity contribution >= 4 is 22.8 Å². The van der Waals surface area contributed by atoms with Gasteiger partial charge < -0.3 is 19.5 Å². The number of pyridine rings is 1. The number of ether oxygens (including phenoxy) is 1. The summed E-state index contributed by atoms with van der Waals surface area (Å²) < 4.78 is 5.54. The molecule has 1 N–H and O–H groups in total. The first kappa shape index (κ1) is 18.1. The highest BCUT2D eigenvalue weighted by Gasteiger charge is 2.32. The predicted octanol–water partition coefficient (Wildman–Crippen LogP) is 4.28. The van der Waals surface area contributed by atoms with Gasteiger partial charge in [0.25, 0.3) is 0 Å². The van der Waals surface area contributed by atoms with E-state index in [0.717, 1.165) is 17.9 Å². The minimum absolute atomic E-state index is 0.188. The molecule has 27 heavy (non-hydrogen) atoms. The summed E-state index contributed by atoms with van der Waals surface area (Å²) >= 11 is 0. The third kappa shape index (κ3) is 3.49. The number of fused-ring (bicyclic) bond motifs is 1. The van der Waals surface area contributed by atoms with Crippen LogP contribution in [0.4, 0.5) is 10.6 Å². The van der Waals surface area contributed by atoms with Crippen molar-refractivity contribution in [3.05, 3.63) is 24.0 Å². The molecule has 1 aliphatic heterocycles. The number of nitrogens with one attached hydrogen (secondary N) is 1. The van der Waals surface area contributed by atoms with Crippen LogP contribution in [0.15, 0.2) is 18.5 Å². The molecule has 1 amide bonds. The summed E-state index contributed by atoms with van der Waals surface area (Å²) in [5, 5.41) is 1.26. The molecule has 2 fully saturated rings. The Morgan fingerprint density at radius 2 is 2.07 bits per heavy atom. The lowest BCUT2D eigenvalue weighted by Gasteiger charge is -2.41. The van der Waals surface area contributed by atoms with Crippen molar-refractivity contribution in [2.75, 3.05) is 24.5 Å². The molecule has 0 aromatic carbocycles. The number of H-pyrrole nitrogens is 1. The van der Waals surface area contributed by atoms with Gasteiger partial charge >= 0.3 is 6.09 Å². The first-order chi connectivity index (χ1) is 12.8. The van der Waals surface area contributed by atoms with Gasteiger partial charge in [-0.3, -0.25) is 0 Å². The van der Waals surface area contributed by atoms with Crippen molar-refractivity contribution in [3.63, 3.8) is 0 Å². The Kier molecular flexibility index (Phi) is 4.52. The lowest BCUT2D eigenvalue weighted by Crippen LogP contribution is -2.54. The molecular formula is C21H30N4O2. The van der Waals surface area contributed by atoms with Gasteiger partial charge in [-0.25, -0.2) is 9.78 Å². The van der Waals surface area contributed by atoms with Crippen LogP contribution < -0.4 is 4.90 Å². The topological polar surface area (TPSA) is 61.5 Å². The van der Waals surface area contributed by atoms with Gasteiger partial charge in [0.1, 0.15) is 11.4 Å². The van der Waals surface area contributed by atoms with Crippen LogP contribution in [-0.4, -0.2) is 52.2 Å². The summed E-state index contributed by atoms with van der Waals surface area (Å²) in [6.07, 6.45) is 7.68. The molecule has 6 nitrogen and oxygen atoms in total. The van der Waals surface area contributed by atoms with Crippen molar-refractivity contribution in [1.29, 1.82) is 0 Å². The number of aromatic nitrogens is 2. The molecule has 146 valence electrons. The first-order valence-electron chi connectivity index (χ1n) is 10.0. The highest BCUT2D eigenvalue weighted by atomic mass is 16.6. The molecular weight excluding hydrogens is 340 g/mol. The summed E-state index contributed by atoms with van der Waals surface area (Å²) in [4.78, 5) is 24.8. The van der Waals surface area contributed by atoms with Crippen LogP contribution in [0.3, 0.4) is 0 Å². The van der Waals surface area contributed by atoms with Crippen molar-refractivity contribution in [2.45, 2.75) is 64.5 Å². The average molecular weight is 370 g/mol. The Hall–Kier alpha value is -2.24. The first-order valence-corrected chi connectivity index (χ1v) is 10.0. The molecule has 0 unspecified atom stereocenters. The predicted molar refractivity (Wildman–Crippen MR) is 107 cm³/mol. The number of nitrogens with zero attached hydrogens (tertiary/aromatic N) is 3. The number of amides is 1. The standard InChI is InChI=1S/C21H30N4O2/c1-14-13-24(20(26)27-21(2,3)4)10-11-25(14)19-18-16(15-6-5-7-15)12-23-17(18)8-9-22-19/h8-9,12,14-15,23H,5-7,10-11,13H2,1-4H3/t14-/m0/s1. The number of piperazine rings is 1. The monoisotopic (exact) mass is 370 g/mol. The zero-order valence-corrected chi connectivity index (χ0v) is 16.8. The SMILES string of the molecule is C[C@H]1CN(C(=O)OC(C)(C)C)CCN1c1nccc2[nH]cc(C3CCC3)c12. The molecule has 1 aliphatic carbocycles. The van der Waals surface area contributed by atoms with Crippen molar-refractivity contribution in [2.24, 2.45) is 0 Å². The number of carbonyl (C=O) groups excluding carboxylic acids is 1. The van der Waals surface area contributed by atoms with Crippen LogP contribution in [0.2, 0.25) is 0 Å². The molecule has 3 heterocycles. The zero-order chi connectivity index (χ0) is 19.2. The van der Waals surface area contributed by atoms with E-state index >= 15 is 0 Å². The fourth-order valence-corrected chi connectivity index (χ4v) is 4.11. The third-order valence-corrected chi connectivity index (χ3v) is 5.70. The highest BCUT2D eigenvalue weighted by molar-refractivity contribution is 5.94. The van der Waals surface area contributed by atoms with E-state index in [0.29, 0.717) is 19.0 Å². The molecule has 1 saturated heterocycles. The van der Waals surface area contributed by atoms with Gasteiger partial charge in [-0.05, 0) is 58.1 Å². The largest absolute Gasteiger partial charge is 0.444 e. The molecule has 1 atom stereocenters. The zero-order valence-electron chi connectivity index (χ0n) is 16.8. The number of rotatable bonds is 2. The quantitative estimate of drug-likeness (QED) is 0.857. The van der Waals surface area contributed by atoms with Crippen LogP contribution in [-0.2, 0) is 4.74 Å². The van der Waals surface area contributed by atoms with E-state index in [1.807, 2.05) is 31.9 Å². The summed E-state index contributed by atoms with van der Waals surface area (Å²) in [6.45, 7) is 9.94. The molecule has 2 aliphatic rings. The minimum Gasteiger partial charge on any atom is -0.444 e. The van der Waals surface area contributed by atoms with Crippen LogP contribution in [0, 0.1) is 0 Å². The van der Waals surface area contributed by atoms with Crippen LogP contribution >= 0.6 is 0 Å².